The molecule has 82 valence electrons. The van der Waals surface area contributed by atoms with Crippen molar-refractivity contribution in [2.75, 3.05) is 0 Å². The molecule has 0 bridgehead atoms. The molecule has 3 nitrogen and oxygen atoms in total. The van der Waals surface area contributed by atoms with E-state index in [0.29, 0.717) is 5.69 Å². The van der Waals surface area contributed by atoms with Crippen LogP contribution in [-0.4, -0.2) is 4.98 Å². The van der Waals surface area contributed by atoms with Crippen LogP contribution in [0.5, 0.6) is 0 Å². The minimum absolute atomic E-state index is 0.147. The highest BCUT2D eigenvalue weighted by molar-refractivity contribution is 9.08. The summed E-state index contributed by atoms with van der Waals surface area (Å²) in [7, 11) is 0. The average molecular weight is 286 g/mol. The van der Waals surface area contributed by atoms with Crippen molar-refractivity contribution in [3.8, 4) is 12.1 Å². The molecule has 0 N–H and O–H groups in total. The Bertz CT molecular complexity index is 474. The minimum atomic E-state index is -2.78. The number of rotatable bonds is 3. The van der Waals surface area contributed by atoms with Gasteiger partial charge in [0.25, 0.3) is 6.43 Å². The maximum Gasteiger partial charge on any atom is 0.265 e. The monoisotopic (exact) mass is 285 g/mol. The first kappa shape index (κ1) is 12.5. The molecule has 0 amide bonds. The smallest absolute Gasteiger partial charge is 0.259 e. The van der Waals surface area contributed by atoms with E-state index in [4.69, 9.17) is 10.5 Å². The van der Waals surface area contributed by atoms with Crippen LogP contribution in [0, 0.1) is 22.7 Å². The molecule has 0 radical (unpaired) electrons. The van der Waals surface area contributed by atoms with E-state index in [-0.39, 0.29) is 28.4 Å². The topological polar surface area (TPSA) is 60.5 Å². The molecule has 0 aromatic carbocycles. The van der Waals surface area contributed by atoms with Crippen molar-refractivity contribution in [2.45, 2.75) is 18.2 Å². The van der Waals surface area contributed by atoms with Gasteiger partial charge in [-0.25, -0.2) is 8.78 Å². The predicted molar refractivity (Wildman–Crippen MR) is 55.9 cm³/mol. The summed E-state index contributed by atoms with van der Waals surface area (Å²) in [5.41, 5.74) is -0.0391. The lowest BCUT2D eigenvalue weighted by molar-refractivity contribution is 0.150. The lowest BCUT2D eigenvalue weighted by atomic mass is 10.0. The number of nitriles is 2. The molecule has 6 heteroatoms. The fraction of sp³-hybridized carbons (Fsp3) is 0.300. The van der Waals surface area contributed by atoms with Gasteiger partial charge in [0, 0.05) is 17.1 Å². The summed E-state index contributed by atoms with van der Waals surface area (Å²) in [5, 5.41) is 17.6. The van der Waals surface area contributed by atoms with Crippen LogP contribution < -0.4 is 0 Å². The number of halogens is 3. The average Bonchev–Trinajstić information content (AvgIpc) is 2.28. The molecule has 0 saturated carbocycles. The van der Waals surface area contributed by atoms with Gasteiger partial charge in [0.1, 0.15) is 6.07 Å². The summed E-state index contributed by atoms with van der Waals surface area (Å²) in [5.74, 6) is 0. The molecular formula is C10H6BrF2N3. The summed E-state index contributed by atoms with van der Waals surface area (Å²) in [6, 6.07) is 3.46. The van der Waals surface area contributed by atoms with Crippen LogP contribution in [0.2, 0.25) is 0 Å². The molecule has 0 fully saturated rings. The van der Waals surface area contributed by atoms with Gasteiger partial charge in [0.2, 0.25) is 0 Å². The van der Waals surface area contributed by atoms with E-state index >= 15 is 0 Å². The molecule has 0 atom stereocenters. The number of hydrogen-bond acceptors (Lipinski definition) is 3. The Morgan fingerprint density at radius 2 is 2.12 bits per heavy atom. The second-order valence-electron chi connectivity index (χ2n) is 2.89. The lowest BCUT2D eigenvalue weighted by Gasteiger charge is -2.11. The number of pyridine rings is 1. The Kier molecular flexibility index (Phi) is 4.33. The second kappa shape index (κ2) is 5.53. The molecule has 0 aliphatic carbocycles. The lowest BCUT2D eigenvalue weighted by Crippen LogP contribution is -2.05. The van der Waals surface area contributed by atoms with Crippen LogP contribution in [0.25, 0.3) is 0 Å². The van der Waals surface area contributed by atoms with E-state index < -0.39 is 6.43 Å². The van der Waals surface area contributed by atoms with Gasteiger partial charge in [-0.2, -0.15) is 10.5 Å². The Morgan fingerprint density at radius 1 is 1.44 bits per heavy atom. The number of nitrogens with zero attached hydrogens (tertiary/aromatic N) is 3. The van der Waals surface area contributed by atoms with Crippen LogP contribution in [0.15, 0.2) is 6.20 Å². The molecule has 0 aliphatic rings. The third-order valence-corrected chi connectivity index (χ3v) is 2.57. The van der Waals surface area contributed by atoms with Crippen molar-refractivity contribution >= 4 is 15.9 Å². The van der Waals surface area contributed by atoms with Gasteiger partial charge in [0.05, 0.1) is 23.7 Å². The van der Waals surface area contributed by atoms with Crippen molar-refractivity contribution in [3.63, 3.8) is 0 Å². The third kappa shape index (κ3) is 2.34. The number of aromatic nitrogens is 1. The number of hydrogen-bond donors (Lipinski definition) is 0. The maximum atomic E-state index is 12.8. The predicted octanol–water partition coefficient (Wildman–Crippen LogP) is 2.85. The zero-order valence-corrected chi connectivity index (χ0v) is 9.63. The molecule has 16 heavy (non-hydrogen) atoms. The molecule has 0 unspecified atom stereocenters. The van der Waals surface area contributed by atoms with E-state index in [1.807, 2.05) is 0 Å². The number of alkyl halides is 3. The van der Waals surface area contributed by atoms with Crippen LogP contribution in [0.3, 0.4) is 0 Å². The Morgan fingerprint density at radius 3 is 2.56 bits per heavy atom. The molecule has 0 saturated heterocycles. The third-order valence-electron chi connectivity index (χ3n) is 2.03. The van der Waals surface area contributed by atoms with Gasteiger partial charge in [-0.15, -0.1) is 0 Å². The molecular weight excluding hydrogens is 280 g/mol. The molecule has 1 heterocycles. The zero-order chi connectivity index (χ0) is 12.1. The van der Waals surface area contributed by atoms with Gasteiger partial charge in [-0.1, -0.05) is 15.9 Å². The van der Waals surface area contributed by atoms with Crippen molar-refractivity contribution in [1.29, 1.82) is 10.5 Å². The van der Waals surface area contributed by atoms with Crippen LogP contribution in [-0.2, 0) is 11.8 Å². The van der Waals surface area contributed by atoms with Crippen molar-refractivity contribution in [3.05, 3.63) is 28.6 Å². The highest BCUT2D eigenvalue weighted by atomic mass is 79.9. The molecule has 0 aliphatic heterocycles. The van der Waals surface area contributed by atoms with E-state index in [0.717, 1.165) is 6.20 Å². The first-order valence-electron chi connectivity index (χ1n) is 4.27. The fourth-order valence-electron chi connectivity index (χ4n) is 1.34. The van der Waals surface area contributed by atoms with E-state index in [9.17, 15) is 8.78 Å². The van der Waals surface area contributed by atoms with Crippen molar-refractivity contribution in [1.82, 2.24) is 4.98 Å². The first-order valence-corrected chi connectivity index (χ1v) is 5.39. The molecule has 1 rings (SSSR count). The Hall–Kier alpha value is -1.53. The maximum absolute atomic E-state index is 12.8. The summed E-state index contributed by atoms with van der Waals surface area (Å²) in [6.07, 6.45) is -1.85. The fourth-order valence-corrected chi connectivity index (χ4v) is 1.82. The van der Waals surface area contributed by atoms with Gasteiger partial charge in [-0.05, 0) is 5.56 Å². The first-order chi connectivity index (χ1) is 7.65. The SMILES string of the molecule is N#CCc1c(CBr)ncc(C#N)c1C(F)F. The van der Waals surface area contributed by atoms with Crippen molar-refractivity contribution in [2.24, 2.45) is 0 Å². The van der Waals surface area contributed by atoms with Crippen LogP contribution in [0.1, 0.15) is 28.8 Å². The quantitative estimate of drug-likeness (QED) is 0.803. The summed E-state index contributed by atoms with van der Waals surface area (Å²) < 4.78 is 25.6. The van der Waals surface area contributed by atoms with Gasteiger partial charge >= 0.3 is 0 Å². The summed E-state index contributed by atoms with van der Waals surface area (Å²) in [6.45, 7) is 0. The highest BCUT2D eigenvalue weighted by Gasteiger charge is 2.21. The zero-order valence-electron chi connectivity index (χ0n) is 8.04. The molecule has 1 aromatic rings. The van der Waals surface area contributed by atoms with E-state index in [2.05, 4.69) is 20.9 Å². The van der Waals surface area contributed by atoms with Gasteiger partial charge in [-0.3, -0.25) is 4.98 Å². The summed E-state index contributed by atoms with van der Waals surface area (Å²) >= 11 is 3.11. The minimum Gasteiger partial charge on any atom is -0.259 e. The van der Waals surface area contributed by atoms with E-state index in [1.165, 1.54) is 0 Å². The largest absolute Gasteiger partial charge is 0.265 e. The summed E-state index contributed by atoms with van der Waals surface area (Å²) in [4.78, 5) is 3.88. The molecule has 0 spiro atoms. The highest BCUT2D eigenvalue weighted by Crippen LogP contribution is 2.29. The van der Waals surface area contributed by atoms with Crippen molar-refractivity contribution < 1.29 is 8.78 Å². The van der Waals surface area contributed by atoms with Crippen LogP contribution in [0.4, 0.5) is 8.78 Å². The van der Waals surface area contributed by atoms with Crippen LogP contribution >= 0.6 is 15.9 Å². The van der Waals surface area contributed by atoms with Gasteiger partial charge < -0.3 is 0 Å². The Balaban J connectivity index is 3.49. The Labute approximate surface area is 99.5 Å². The van der Waals surface area contributed by atoms with Gasteiger partial charge in [0.15, 0.2) is 0 Å². The standard InChI is InChI=1S/C10H6BrF2N3/c11-3-8-7(1-2-14)9(10(12)13)6(4-15)5-16-8/h5,10H,1,3H2. The second-order valence-corrected chi connectivity index (χ2v) is 3.45. The van der Waals surface area contributed by atoms with E-state index in [1.54, 1.807) is 12.1 Å². The molecule has 1 aromatic heterocycles. The normalized spacial score (nSPS) is 9.88.